The first-order valence-corrected chi connectivity index (χ1v) is 20.4. The highest BCUT2D eigenvalue weighted by molar-refractivity contribution is 6.33. The minimum absolute atomic E-state index is 0.0836. The fraction of sp³-hybridized carbons (Fsp3) is 0.512. The maximum atomic E-state index is 13.5. The van der Waals surface area contributed by atoms with Crippen LogP contribution in [0.15, 0.2) is 48.8 Å². The molecule has 1 aliphatic carbocycles. The number of rotatable bonds is 8. The predicted molar refractivity (Wildman–Crippen MR) is 208 cm³/mol. The van der Waals surface area contributed by atoms with E-state index in [0.717, 1.165) is 106 Å². The molecule has 0 bridgehead atoms. The molecule has 13 nitrogen and oxygen atoms in total. The summed E-state index contributed by atoms with van der Waals surface area (Å²) in [6.45, 7) is 6.63. The second-order valence-corrected chi connectivity index (χ2v) is 17.3. The summed E-state index contributed by atoms with van der Waals surface area (Å²) in [5, 5.41) is 9.41. The number of carbonyl (C=O) groups is 5. The number of carbonyl (C=O) groups excluding carboxylic acids is 5. The van der Waals surface area contributed by atoms with Crippen molar-refractivity contribution >= 4 is 58.2 Å². The number of fused-ring (bicyclic) bond motifs is 1. The van der Waals surface area contributed by atoms with Gasteiger partial charge in [-0.1, -0.05) is 11.6 Å². The summed E-state index contributed by atoms with van der Waals surface area (Å²) >= 11 is 6.13. The number of aromatic nitrogens is 2. The molecule has 17 heteroatoms. The number of hydrogen-bond donors (Lipinski definition) is 2. The number of amides is 5. The molecule has 5 aliphatic heterocycles. The number of imide groups is 2. The van der Waals surface area contributed by atoms with Crippen molar-refractivity contribution in [3.63, 3.8) is 0 Å². The van der Waals surface area contributed by atoms with Gasteiger partial charge in [0.05, 0.1) is 39.3 Å². The van der Waals surface area contributed by atoms with Crippen molar-refractivity contribution in [2.45, 2.75) is 75.5 Å². The minimum Gasteiger partial charge on any atom is -0.370 e. The Morgan fingerprint density at radius 2 is 1.60 bits per heavy atom. The summed E-state index contributed by atoms with van der Waals surface area (Å²) in [7, 11) is 0. The Morgan fingerprint density at radius 3 is 2.26 bits per heavy atom. The zero-order valence-corrected chi connectivity index (χ0v) is 32.6. The molecule has 6 heterocycles. The maximum absolute atomic E-state index is 13.5. The molecule has 2 N–H and O–H groups in total. The number of hydrogen-bond acceptors (Lipinski definition) is 9. The first-order valence-electron chi connectivity index (χ1n) is 20.0. The van der Waals surface area contributed by atoms with E-state index in [1.165, 1.54) is 6.07 Å². The molecule has 5 fully saturated rings. The van der Waals surface area contributed by atoms with Crippen molar-refractivity contribution in [3.8, 4) is 0 Å². The molecule has 58 heavy (non-hydrogen) atoms. The summed E-state index contributed by atoms with van der Waals surface area (Å²) in [4.78, 5) is 72.2. The van der Waals surface area contributed by atoms with E-state index in [1.807, 2.05) is 12.3 Å². The van der Waals surface area contributed by atoms with Crippen LogP contribution in [0.5, 0.6) is 0 Å². The van der Waals surface area contributed by atoms with Gasteiger partial charge < -0.3 is 20.0 Å². The topological polar surface area (TPSA) is 140 Å². The number of nitrogens with zero attached hydrogens (tertiary/aromatic N) is 6. The quantitative estimate of drug-likeness (QED) is 0.290. The molecule has 6 aliphatic rings. The number of benzene rings is 2. The standard InChI is InChI=1S/C41H44ClF3N8O5/c42-31-18-26(41(43,44)45)2-5-32(31)47-38(58)40(10-1-11-40)52-22-28(20-46-52)50-14-8-25(9-15-50)21-49-16-12-39(13-17-49)23-51(24-39)27-3-4-29-30(19-27)37(57)53(36(29)56)33-6-7-34(54)48-35(33)55/h2-5,18-20,22,25,33H,1,6-17,21,23-24H2,(H,47,58)(H,48,54,55). The molecule has 1 unspecified atom stereocenters. The fourth-order valence-corrected chi connectivity index (χ4v) is 9.91. The second-order valence-electron chi connectivity index (χ2n) is 16.9. The van der Waals surface area contributed by atoms with E-state index in [1.54, 1.807) is 23.0 Å². The fourth-order valence-electron chi connectivity index (χ4n) is 9.68. The minimum atomic E-state index is -4.53. The lowest BCUT2D eigenvalue weighted by Gasteiger charge is -2.55. The highest BCUT2D eigenvalue weighted by Gasteiger charge is 2.49. The van der Waals surface area contributed by atoms with Crippen LogP contribution in [0.4, 0.5) is 30.2 Å². The number of halogens is 4. The largest absolute Gasteiger partial charge is 0.416 e. The molecule has 9 rings (SSSR count). The van der Waals surface area contributed by atoms with Crippen LogP contribution in [0.2, 0.25) is 5.02 Å². The Kier molecular flexibility index (Phi) is 9.57. The van der Waals surface area contributed by atoms with Crippen molar-refractivity contribution in [1.29, 1.82) is 0 Å². The molecule has 1 atom stereocenters. The van der Waals surface area contributed by atoms with E-state index in [9.17, 15) is 37.1 Å². The summed E-state index contributed by atoms with van der Waals surface area (Å²) in [6, 6.07) is 7.26. The zero-order chi connectivity index (χ0) is 40.6. The molecule has 2 aromatic carbocycles. The van der Waals surface area contributed by atoms with Crippen molar-refractivity contribution in [2.24, 2.45) is 11.3 Å². The van der Waals surface area contributed by atoms with E-state index < -0.39 is 46.9 Å². The number of likely N-dealkylation sites (tertiary alicyclic amines) is 1. The Morgan fingerprint density at radius 1 is 0.879 bits per heavy atom. The average Bonchev–Trinajstić information content (AvgIpc) is 3.74. The molecule has 1 aromatic heterocycles. The van der Waals surface area contributed by atoms with Gasteiger partial charge >= 0.3 is 6.18 Å². The van der Waals surface area contributed by atoms with Crippen LogP contribution in [0.25, 0.3) is 0 Å². The van der Waals surface area contributed by atoms with Gasteiger partial charge in [-0.05, 0) is 107 Å². The van der Waals surface area contributed by atoms with Gasteiger partial charge in [-0.15, -0.1) is 0 Å². The lowest BCUT2D eigenvalue weighted by Crippen LogP contribution is -2.60. The molecular formula is C41H44ClF3N8O5. The van der Waals surface area contributed by atoms with Crippen molar-refractivity contribution < 1.29 is 37.1 Å². The predicted octanol–water partition coefficient (Wildman–Crippen LogP) is 5.29. The first kappa shape index (κ1) is 38.6. The van der Waals surface area contributed by atoms with E-state index in [4.69, 9.17) is 11.6 Å². The Labute approximate surface area is 337 Å². The maximum Gasteiger partial charge on any atom is 0.416 e. The van der Waals surface area contributed by atoms with Crippen LogP contribution >= 0.6 is 11.6 Å². The molecule has 1 saturated carbocycles. The van der Waals surface area contributed by atoms with Gasteiger partial charge in [-0.2, -0.15) is 18.3 Å². The Hall–Kier alpha value is -4.96. The second kappa shape index (κ2) is 14.4. The van der Waals surface area contributed by atoms with E-state index in [0.29, 0.717) is 24.3 Å². The smallest absolute Gasteiger partial charge is 0.370 e. The van der Waals surface area contributed by atoms with Gasteiger partial charge in [0.25, 0.3) is 17.7 Å². The van der Waals surface area contributed by atoms with Crippen LogP contribution in [-0.4, -0.2) is 101 Å². The van der Waals surface area contributed by atoms with Crippen molar-refractivity contribution in [3.05, 3.63) is 70.5 Å². The monoisotopic (exact) mass is 820 g/mol. The Balaban J connectivity index is 0.739. The Bertz CT molecular complexity index is 2180. The van der Waals surface area contributed by atoms with E-state index in [2.05, 4.69) is 30.4 Å². The van der Waals surface area contributed by atoms with Gasteiger partial charge in [0.1, 0.15) is 11.6 Å². The number of alkyl halides is 3. The SMILES string of the molecule is O=C1CCC(N2C(=O)c3ccc(N4CC5(CCN(CC6CCN(c7cnn(C8(C(=O)Nc9ccc(C(F)(F)F)cc9Cl)CCC8)c7)CC6)CC5)C4)cc3C2=O)C(=O)N1. The summed E-state index contributed by atoms with van der Waals surface area (Å²) in [6.07, 6.45) is 5.62. The van der Waals surface area contributed by atoms with Crippen molar-refractivity contribution in [1.82, 2.24) is 24.9 Å². The molecule has 0 radical (unpaired) electrons. The molecule has 3 aromatic rings. The zero-order valence-electron chi connectivity index (χ0n) is 31.8. The lowest BCUT2D eigenvalue weighted by atomic mass is 9.71. The number of piperidine rings is 3. The van der Waals surface area contributed by atoms with Crippen LogP contribution in [0.1, 0.15) is 84.1 Å². The summed E-state index contributed by atoms with van der Waals surface area (Å²) < 4.78 is 41.1. The molecular weight excluding hydrogens is 777 g/mol. The van der Waals surface area contributed by atoms with Crippen molar-refractivity contribution in [2.75, 3.05) is 60.9 Å². The van der Waals surface area contributed by atoms with Gasteiger partial charge in [-0.3, -0.25) is 38.9 Å². The van der Waals surface area contributed by atoms with Gasteiger partial charge in [0.15, 0.2) is 0 Å². The van der Waals surface area contributed by atoms with Gasteiger partial charge in [-0.25, -0.2) is 0 Å². The van der Waals surface area contributed by atoms with Crippen LogP contribution in [0, 0.1) is 11.3 Å². The molecule has 4 saturated heterocycles. The van der Waals surface area contributed by atoms with Crippen LogP contribution in [-0.2, 0) is 26.1 Å². The van der Waals surface area contributed by atoms with E-state index in [-0.39, 0.29) is 40.4 Å². The highest BCUT2D eigenvalue weighted by Crippen LogP contribution is 2.45. The van der Waals surface area contributed by atoms with Gasteiger partial charge in [0, 0.05) is 56.4 Å². The number of nitrogens with one attached hydrogen (secondary N) is 2. The van der Waals surface area contributed by atoms with Crippen LogP contribution in [0.3, 0.4) is 0 Å². The highest BCUT2D eigenvalue weighted by atomic mass is 35.5. The molecule has 1 spiro atoms. The lowest BCUT2D eigenvalue weighted by molar-refractivity contribution is -0.138. The summed E-state index contributed by atoms with van der Waals surface area (Å²) in [5.41, 5.74) is 0.990. The third kappa shape index (κ3) is 6.81. The first-order chi connectivity index (χ1) is 27.7. The average molecular weight is 821 g/mol. The van der Waals surface area contributed by atoms with Gasteiger partial charge in [0.2, 0.25) is 11.8 Å². The molecule has 5 amide bonds. The third-order valence-electron chi connectivity index (χ3n) is 13.4. The van der Waals surface area contributed by atoms with Crippen LogP contribution < -0.4 is 20.4 Å². The normalized spacial score (nSPS) is 23.4. The summed E-state index contributed by atoms with van der Waals surface area (Å²) in [5.74, 6) is -1.77. The molecule has 306 valence electrons. The number of anilines is 3. The third-order valence-corrected chi connectivity index (χ3v) is 13.7. The van der Waals surface area contributed by atoms with E-state index >= 15 is 0 Å².